The van der Waals surface area contributed by atoms with Crippen LogP contribution < -0.4 is 5.32 Å². The molecule has 0 aliphatic rings. The van der Waals surface area contributed by atoms with Crippen LogP contribution in [0.25, 0.3) is 0 Å². The molecule has 0 aliphatic carbocycles. The average Bonchev–Trinajstić information content (AvgIpc) is 2.82. The van der Waals surface area contributed by atoms with E-state index in [1.165, 1.54) is 11.3 Å². The van der Waals surface area contributed by atoms with Crippen LogP contribution in [0.1, 0.15) is 37.9 Å². The van der Waals surface area contributed by atoms with Gasteiger partial charge in [0.1, 0.15) is 6.04 Å². The number of aliphatic carboxylic acids is 1. The van der Waals surface area contributed by atoms with Gasteiger partial charge < -0.3 is 10.4 Å². The summed E-state index contributed by atoms with van der Waals surface area (Å²) in [6.07, 6.45) is 1.68. The lowest BCUT2D eigenvalue weighted by atomic mass is 9.99. The molecule has 1 aromatic heterocycles. The molecule has 1 aromatic rings. The summed E-state index contributed by atoms with van der Waals surface area (Å²) >= 11 is 1.52. The molecule has 0 unspecified atom stereocenters. The fraction of sp³-hybridized carbons (Fsp3) is 0.615. The van der Waals surface area contributed by atoms with E-state index >= 15 is 0 Å². The molecule has 2 N–H and O–H groups in total. The monoisotopic (exact) mass is 284 g/mol. The second-order valence-corrected chi connectivity index (χ2v) is 5.47. The quantitative estimate of drug-likeness (QED) is 0.801. The molecule has 0 aliphatic heterocycles. The molecule has 0 spiro atoms. The maximum Gasteiger partial charge on any atom is 0.326 e. The smallest absolute Gasteiger partial charge is 0.326 e. The van der Waals surface area contributed by atoms with Gasteiger partial charge in [0.15, 0.2) is 0 Å². The summed E-state index contributed by atoms with van der Waals surface area (Å²) in [5.41, 5.74) is 0.702. The summed E-state index contributed by atoms with van der Waals surface area (Å²) in [4.78, 5) is 27.2. The van der Waals surface area contributed by atoms with E-state index in [0.717, 1.165) is 11.4 Å². The molecule has 2 atom stereocenters. The topological polar surface area (TPSA) is 79.3 Å². The molecule has 0 bridgehead atoms. The molecule has 5 nitrogen and oxygen atoms in total. The van der Waals surface area contributed by atoms with Crippen LogP contribution in [-0.2, 0) is 22.4 Å². The van der Waals surface area contributed by atoms with E-state index in [0.29, 0.717) is 12.1 Å². The van der Waals surface area contributed by atoms with Crippen LogP contribution in [0.4, 0.5) is 0 Å². The first-order valence-corrected chi connectivity index (χ1v) is 7.31. The second-order valence-electron chi connectivity index (χ2n) is 4.53. The van der Waals surface area contributed by atoms with Crippen molar-refractivity contribution in [1.82, 2.24) is 10.3 Å². The number of nitrogens with one attached hydrogen (secondary N) is 1. The lowest BCUT2D eigenvalue weighted by Gasteiger charge is -2.19. The van der Waals surface area contributed by atoms with E-state index in [2.05, 4.69) is 10.3 Å². The van der Waals surface area contributed by atoms with Crippen molar-refractivity contribution < 1.29 is 14.7 Å². The number of carboxylic acid groups (broad SMARTS) is 1. The van der Waals surface area contributed by atoms with Gasteiger partial charge in [0.05, 0.1) is 17.1 Å². The number of amides is 1. The fourth-order valence-corrected chi connectivity index (χ4v) is 2.41. The highest BCUT2D eigenvalue weighted by Gasteiger charge is 2.25. The largest absolute Gasteiger partial charge is 0.480 e. The first-order chi connectivity index (χ1) is 8.97. The minimum atomic E-state index is -0.991. The normalized spacial score (nSPS) is 13.8. The summed E-state index contributed by atoms with van der Waals surface area (Å²) in [5.74, 6) is -1.38. The molecule has 0 saturated heterocycles. The Bertz CT molecular complexity index is 445. The third-order valence-corrected chi connectivity index (χ3v) is 4.08. The minimum Gasteiger partial charge on any atom is -0.480 e. The average molecular weight is 284 g/mol. The third kappa shape index (κ3) is 4.63. The van der Waals surface area contributed by atoms with Crippen molar-refractivity contribution >= 4 is 23.2 Å². The highest BCUT2D eigenvalue weighted by atomic mass is 32.1. The molecule has 0 saturated carbocycles. The summed E-state index contributed by atoms with van der Waals surface area (Å²) in [5, 5.41) is 14.5. The number of hydrogen-bond donors (Lipinski definition) is 2. The molecule has 1 rings (SSSR count). The van der Waals surface area contributed by atoms with Gasteiger partial charge in [0, 0.05) is 5.38 Å². The van der Waals surface area contributed by atoms with Crippen molar-refractivity contribution in [2.45, 2.75) is 46.1 Å². The Morgan fingerprint density at radius 3 is 2.63 bits per heavy atom. The van der Waals surface area contributed by atoms with E-state index in [4.69, 9.17) is 5.11 Å². The number of carboxylic acids is 1. The molecule has 19 heavy (non-hydrogen) atoms. The van der Waals surface area contributed by atoms with Crippen LogP contribution >= 0.6 is 11.3 Å². The van der Waals surface area contributed by atoms with E-state index in [-0.39, 0.29) is 18.2 Å². The maximum atomic E-state index is 11.8. The van der Waals surface area contributed by atoms with Gasteiger partial charge in [-0.25, -0.2) is 9.78 Å². The van der Waals surface area contributed by atoms with Gasteiger partial charge in [-0.2, -0.15) is 0 Å². The Morgan fingerprint density at radius 2 is 2.16 bits per heavy atom. The molecule has 0 radical (unpaired) electrons. The fourth-order valence-electron chi connectivity index (χ4n) is 1.66. The molecule has 0 aromatic carbocycles. The van der Waals surface area contributed by atoms with Crippen LogP contribution in [0.3, 0.4) is 0 Å². The Kier molecular flexibility index (Phi) is 5.95. The third-order valence-electron chi connectivity index (χ3n) is 3.04. The van der Waals surface area contributed by atoms with Gasteiger partial charge in [-0.15, -0.1) is 11.3 Å². The Balaban J connectivity index is 2.60. The molecule has 1 amide bonds. The van der Waals surface area contributed by atoms with E-state index in [1.54, 1.807) is 0 Å². The highest BCUT2D eigenvalue weighted by Crippen LogP contribution is 2.12. The van der Waals surface area contributed by atoms with Gasteiger partial charge in [-0.1, -0.05) is 27.2 Å². The lowest BCUT2D eigenvalue weighted by molar-refractivity contribution is -0.143. The molecule has 6 heteroatoms. The molecular formula is C13H20N2O3S. The van der Waals surface area contributed by atoms with Gasteiger partial charge in [0.25, 0.3) is 0 Å². The number of carbonyl (C=O) groups excluding carboxylic acids is 1. The van der Waals surface area contributed by atoms with Crippen molar-refractivity contribution in [3.8, 4) is 0 Å². The standard InChI is InChI=1S/C13H20N2O3S/c1-4-8(3)12(13(17)18)15-10(16)6-9-7-19-11(5-2)14-9/h7-8,12H,4-6H2,1-3H3,(H,15,16)(H,17,18)/t8-,12-/m0/s1. The molecule has 1 heterocycles. The van der Waals surface area contributed by atoms with Crippen LogP contribution in [-0.4, -0.2) is 28.0 Å². The van der Waals surface area contributed by atoms with Crippen molar-refractivity contribution in [2.24, 2.45) is 5.92 Å². The van der Waals surface area contributed by atoms with Crippen molar-refractivity contribution in [3.05, 3.63) is 16.1 Å². The predicted octanol–water partition coefficient (Wildman–Crippen LogP) is 1.86. The summed E-state index contributed by atoms with van der Waals surface area (Å²) in [7, 11) is 0. The Hall–Kier alpha value is -1.43. The van der Waals surface area contributed by atoms with Gasteiger partial charge in [-0.3, -0.25) is 4.79 Å². The molecule has 106 valence electrons. The van der Waals surface area contributed by atoms with Crippen molar-refractivity contribution in [1.29, 1.82) is 0 Å². The molecule has 0 fully saturated rings. The maximum absolute atomic E-state index is 11.8. The number of nitrogens with zero attached hydrogens (tertiary/aromatic N) is 1. The molecular weight excluding hydrogens is 264 g/mol. The number of hydrogen-bond acceptors (Lipinski definition) is 4. The number of aromatic nitrogens is 1. The second kappa shape index (κ2) is 7.23. The first-order valence-electron chi connectivity index (χ1n) is 6.43. The van der Waals surface area contributed by atoms with Crippen molar-refractivity contribution in [3.63, 3.8) is 0 Å². The van der Waals surface area contributed by atoms with Crippen LogP contribution in [0.5, 0.6) is 0 Å². The van der Waals surface area contributed by atoms with E-state index in [1.807, 2.05) is 26.2 Å². The predicted molar refractivity (Wildman–Crippen MR) is 74.2 cm³/mol. The zero-order valence-corrected chi connectivity index (χ0v) is 12.3. The lowest BCUT2D eigenvalue weighted by Crippen LogP contribution is -2.45. The summed E-state index contributed by atoms with van der Waals surface area (Å²) in [6, 6.07) is -0.832. The van der Waals surface area contributed by atoms with Crippen LogP contribution in [0.15, 0.2) is 5.38 Å². The zero-order chi connectivity index (χ0) is 14.4. The summed E-state index contributed by atoms with van der Waals surface area (Å²) < 4.78 is 0. The first kappa shape index (κ1) is 15.6. The Morgan fingerprint density at radius 1 is 1.47 bits per heavy atom. The zero-order valence-electron chi connectivity index (χ0n) is 11.5. The van der Waals surface area contributed by atoms with Crippen LogP contribution in [0, 0.1) is 5.92 Å². The van der Waals surface area contributed by atoms with Crippen LogP contribution in [0.2, 0.25) is 0 Å². The SMILES string of the molecule is CCc1nc(CC(=O)N[C@H](C(=O)O)[C@@H](C)CC)cs1. The van der Waals surface area contributed by atoms with E-state index < -0.39 is 12.0 Å². The number of carbonyl (C=O) groups is 2. The highest BCUT2D eigenvalue weighted by molar-refractivity contribution is 7.09. The number of rotatable bonds is 7. The van der Waals surface area contributed by atoms with Crippen molar-refractivity contribution in [2.75, 3.05) is 0 Å². The van der Waals surface area contributed by atoms with Gasteiger partial charge in [0.2, 0.25) is 5.91 Å². The summed E-state index contributed by atoms with van der Waals surface area (Å²) in [6.45, 7) is 5.73. The number of aryl methyl sites for hydroxylation is 1. The Labute approximate surface area is 117 Å². The van der Waals surface area contributed by atoms with E-state index in [9.17, 15) is 9.59 Å². The van der Waals surface area contributed by atoms with Gasteiger partial charge in [-0.05, 0) is 12.3 Å². The number of thiazole rings is 1. The minimum absolute atomic E-state index is 0.0944. The van der Waals surface area contributed by atoms with Gasteiger partial charge >= 0.3 is 5.97 Å².